The van der Waals surface area contributed by atoms with E-state index in [2.05, 4.69) is 12.4 Å². The Morgan fingerprint density at radius 3 is 2.27 bits per heavy atom. The summed E-state index contributed by atoms with van der Waals surface area (Å²) >= 11 is 0. The molecule has 0 aromatic heterocycles. The summed E-state index contributed by atoms with van der Waals surface area (Å²) in [4.78, 5) is 0. The molecule has 0 aliphatic rings. The maximum absolute atomic E-state index is 10.4. The van der Waals surface area contributed by atoms with E-state index in [4.69, 9.17) is 10.7 Å². The molecule has 0 aromatic rings. The van der Waals surface area contributed by atoms with Crippen LogP contribution in [0.2, 0.25) is 0 Å². The van der Waals surface area contributed by atoms with Gasteiger partial charge in [0.25, 0.3) is 0 Å². The molecule has 0 saturated carbocycles. The van der Waals surface area contributed by atoms with Crippen LogP contribution in [0.4, 0.5) is 0 Å². The minimum absolute atomic E-state index is 0. The summed E-state index contributed by atoms with van der Waals surface area (Å²) in [5, 5.41) is 2.40. The summed E-state index contributed by atoms with van der Waals surface area (Å²) in [5.41, 5.74) is 0.370. The van der Waals surface area contributed by atoms with Gasteiger partial charge in [-0.2, -0.15) is 5.70 Å². The van der Waals surface area contributed by atoms with Gasteiger partial charge in [0.05, 0.1) is 0 Å². The molecule has 11 heavy (non-hydrogen) atoms. The van der Waals surface area contributed by atoms with Crippen LogP contribution in [0.25, 0.3) is 0 Å². The Kier molecular flexibility index (Phi) is 8.08. The van der Waals surface area contributed by atoms with Gasteiger partial charge in [-0.05, 0) is 0 Å². The molecule has 0 amide bonds. The Labute approximate surface area is 95.4 Å². The predicted molar refractivity (Wildman–Crippen MR) is 41.3 cm³/mol. The third-order valence-corrected chi connectivity index (χ3v) is 1.59. The van der Waals surface area contributed by atoms with Gasteiger partial charge >= 0.3 is 31.1 Å². The van der Waals surface area contributed by atoms with E-state index in [9.17, 15) is 8.42 Å². The normalized spacial score (nSPS) is 11.7. The smallest absolute Gasteiger partial charge is 0.567 e. The van der Waals surface area contributed by atoms with Crippen LogP contribution in [0, 0.1) is 43.9 Å². The van der Waals surface area contributed by atoms with Crippen molar-refractivity contribution in [3.05, 3.63) is 24.6 Å². The summed E-state index contributed by atoms with van der Waals surface area (Å²) in [5.74, 6) is 0.890. The van der Waals surface area contributed by atoms with Crippen molar-refractivity contribution in [2.45, 2.75) is 6.92 Å². The molecule has 0 aliphatic heterocycles. The van der Waals surface area contributed by atoms with E-state index in [-0.39, 0.29) is 31.1 Å². The largest absolute Gasteiger partial charge is 2.00 e. The number of halogens is 1. The van der Waals surface area contributed by atoms with Crippen LogP contribution in [0.1, 0.15) is 6.92 Å². The summed E-state index contributed by atoms with van der Waals surface area (Å²) in [7, 11) is 4.59. The SMILES string of the molecule is [CH2-]N/C(=C/C)[CH-]S(=O)(=O)Cl.[U+2]. The van der Waals surface area contributed by atoms with E-state index in [1.54, 1.807) is 13.0 Å². The molecule has 62 valence electrons. The van der Waals surface area contributed by atoms with Gasteiger partial charge < -0.3 is 5.32 Å². The second-order valence-corrected chi connectivity index (χ2v) is 3.99. The quantitative estimate of drug-likeness (QED) is 0.548. The van der Waals surface area contributed by atoms with Crippen LogP contribution in [-0.2, 0) is 9.05 Å². The van der Waals surface area contributed by atoms with Gasteiger partial charge in [0, 0.05) is 10.7 Å². The molecular weight excluding hydrogens is 412 g/mol. The van der Waals surface area contributed by atoms with Crippen molar-refractivity contribution >= 4 is 19.7 Å². The average molecular weight is 420 g/mol. The van der Waals surface area contributed by atoms with Crippen LogP contribution in [0.3, 0.4) is 0 Å². The maximum atomic E-state index is 10.4. The zero-order valence-corrected chi connectivity index (χ0v) is 11.7. The average Bonchev–Trinajstić information content (AvgIpc) is 1.81. The van der Waals surface area contributed by atoms with Crippen molar-refractivity contribution < 1.29 is 39.5 Å². The Hall–Kier alpha value is 0.702. The Morgan fingerprint density at radius 2 is 2.18 bits per heavy atom. The molecule has 0 aromatic carbocycles. The number of hydrogen-bond donors (Lipinski definition) is 1. The van der Waals surface area contributed by atoms with Gasteiger partial charge in [-0.3, -0.25) is 7.05 Å². The van der Waals surface area contributed by atoms with Gasteiger partial charge in [0.2, 0.25) is 0 Å². The van der Waals surface area contributed by atoms with Crippen molar-refractivity contribution in [2.24, 2.45) is 0 Å². The molecule has 0 saturated heterocycles. The molecule has 1 N–H and O–H groups in total. The zero-order chi connectivity index (χ0) is 8.20. The van der Waals surface area contributed by atoms with Crippen molar-refractivity contribution in [1.82, 2.24) is 5.32 Å². The standard InChI is InChI=1S/C5H8ClNO2S.U/c1-3-5(7-2)4-10(6,8)9;/h3-4,7H,2H2,1H3;/q-2;+2/b5-3+;. The van der Waals surface area contributed by atoms with Gasteiger partial charge in [0.15, 0.2) is 9.05 Å². The summed E-state index contributed by atoms with van der Waals surface area (Å²) in [6.07, 6.45) is 1.55. The molecule has 0 bridgehead atoms. The predicted octanol–water partition coefficient (Wildman–Crippen LogP) is 1.00. The molecule has 3 nitrogen and oxygen atoms in total. The van der Waals surface area contributed by atoms with E-state index in [1.165, 1.54) is 0 Å². The maximum Gasteiger partial charge on any atom is 2.00 e. The number of allylic oxidation sites excluding steroid dienone is 1. The topological polar surface area (TPSA) is 46.2 Å². The number of nitrogens with one attached hydrogen (secondary N) is 1. The van der Waals surface area contributed by atoms with Crippen molar-refractivity contribution in [3.63, 3.8) is 0 Å². The number of rotatable bonds is 3. The minimum Gasteiger partial charge on any atom is -0.567 e. The fraction of sp³-hybridized carbons (Fsp3) is 0.200. The van der Waals surface area contributed by atoms with Gasteiger partial charge in [-0.15, -0.1) is 6.92 Å². The fourth-order valence-corrected chi connectivity index (χ4v) is 1.17. The van der Waals surface area contributed by atoms with Crippen LogP contribution in [0.15, 0.2) is 11.8 Å². The Morgan fingerprint density at radius 1 is 1.73 bits per heavy atom. The second kappa shape index (κ2) is 6.24. The molecule has 0 aliphatic carbocycles. The summed E-state index contributed by atoms with van der Waals surface area (Å²) < 4.78 is 20.7. The first-order chi connectivity index (χ1) is 4.49. The Bertz CT molecular complexity index is 225. The van der Waals surface area contributed by atoms with Gasteiger partial charge in [-0.25, -0.2) is 14.5 Å². The van der Waals surface area contributed by atoms with E-state index >= 15 is 0 Å². The van der Waals surface area contributed by atoms with E-state index in [0.717, 1.165) is 5.75 Å². The first-order valence-electron chi connectivity index (χ1n) is 2.48. The van der Waals surface area contributed by atoms with Crippen molar-refractivity contribution in [3.8, 4) is 0 Å². The fourth-order valence-electron chi connectivity index (χ4n) is 0.363. The van der Waals surface area contributed by atoms with E-state index < -0.39 is 9.05 Å². The second-order valence-electron chi connectivity index (χ2n) is 1.51. The monoisotopic (exact) mass is 419 g/mol. The van der Waals surface area contributed by atoms with Crippen molar-refractivity contribution in [2.75, 3.05) is 0 Å². The third kappa shape index (κ3) is 8.61. The third-order valence-electron chi connectivity index (χ3n) is 0.783. The van der Waals surface area contributed by atoms with Crippen LogP contribution >= 0.6 is 10.7 Å². The molecular formula is C5H8ClNO2SU. The van der Waals surface area contributed by atoms with Gasteiger partial charge in [0.1, 0.15) is 0 Å². The molecule has 6 heteroatoms. The molecule has 0 fully saturated rings. The summed E-state index contributed by atoms with van der Waals surface area (Å²) in [6.45, 7) is 1.67. The minimum atomic E-state index is -3.57. The van der Waals surface area contributed by atoms with E-state index in [1.807, 2.05) is 0 Å². The molecule has 0 heterocycles. The number of hydrogen-bond acceptors (Lipinski definition) is 3. The molecule has 0 spiro atoms. The van der Waals surface area contributed by atoms with Crippen molar-refractivity contribution in [1.29, 1.82) is 0 Å². The van der Waals surface area contributed by atoms with Crippen LogP contribution in [-0.4, -0.2) is 8.42 Å². The van der Waals surface area contributed by atoms with Gasteiger partial charge in [-0.1, -0.05) is 5.75 Å². The Balaban J connectivity index is 0. The first kappa shape index (κ1) is 14.2. The molecule has 0 unspecified atom stereocenters. The van der Waals surface area contributed by atoms with Crippen LogP contribution < -0.4 is 5.32 Å². The molecule has 0 rings (SSSR count). The summed E-state index contributed by atoms with van der Waals surface area (Å²) in [6, 6.07) is 0. The molecule has 0 radical (unpaired) electrons. The first-order valence-corrected chi connectivity index (χ1v) is 4.85. The van der Waals surface area contributed by atoms with Crippen LogP contribution in [0.5, 0.6) is 0 Å². The zero-order valence-electron chi connectivity index (χ0n) is 5.96. The van der Waals surface area contributed by atoms with E-state index in [0.29, 0.717) is 5.70 Å². The molecule has 0 atom stereocenters.